The van der Waals surface area contributed by atoms with Crippen LogP contribution in [0.1, 0.15) is 29.4 Å². The fraction of sp³-hybridized carbons (Fsp3) is 0.286. The Balaban J connectivity index is 1.63. The van der Waals surface area contributed by atoms with E-state index in [9.17, 15) is 4.79 Å². The molecule has 0 bridgehead atoms. The number of amides is 1. The van der Waals surface area contributed by atoms with Gasteiger partial charge in [-0.3, -0.25) is 4.79 Å². The Bertz CT molecular complexity index is 961. The van der Waals surface area contributed by atoms with Crippen LogP contribution in [0.4, 0.5) is 0 Å². The molecular weight excluding hydrogens is 328 g/mol. The highest BCUT2D eigenvalue weighted by Crippen LogP contribution is 2.34. The molecule has 0 aliphatic carbocycles. The van der Waals surface area contributed by atoms with Crippen molar-refractivity contribution in [3.63, 3.8) is 0 Å². The van der Waals surface area contributed by atoms with E-state index in [1.807, 2.05) is 48.5 Å². The van der Waals surface area contributed by atoms with E-state index in [1.165, 1.54) is 0 Å². The molecule has 1 aliphatic rings. The molecule has 2 heterocycles. The fourth-order valence-corrected chi connectivity index (χ4v) is 3.51. The molecule has 1 N–H and O–H groups in total. The second kappa shape index (κ2) is 6.75. The second-order valence-corrected chi connectivity index (χ2v) is 6.48. The van der Waals surface area contributed by atoms with E-state index in [4.69, 9.17) is 9.47 Å². The molecule has 3 aromatic rings. The summed E-state index contributed by atoms with van der Waals surface area (Å²) >= 11 is 0. The van der Waals surface area contributed by atoms with E-state index in [-0.39, 0.29) is 12.0 Å². The van der Waals surface area contributed by atoms with Crippen molar-refractivity contribution in [1.82, 2.24) is 9.88 Å². The summed E-state index contributed by atoms with van der Waals surface area (Å²) in [7, 11) is 1.64. The molecule has 0 saturated heterocycles. The molecule has 2 aromatic carbocycles. The molecule has 5 heteroatoms. The number of methoxy groups -OCH3 is 1. The van der Waals surface area contributed by atoms with Crippen molar-refractivity contribution in [3.05, 3.63) is 59.8 Å². The topological polar surface area (TPSA) is 52.5 Å². The van der Waals surface area contributed by atoms with E-state index in [0.29, 0.717) is 18.8 Å². The predicted octanol–water partition coefficient (Wildman–Crippen LogP) is 3.75. The van der Waals surface area contributed by atoms with Gasteiger partial charge in [0.15, 0.2) is 0 Å². The van der Waals surface area contributed by atoms with Gasteiger partial charge < -0.3 is 19.4 Å². The minimum atomic E-state index is -0.0881. The van der Waals surface area contributed by atoms with Crippen LogP contribution >= 0.6 is 0 Å². The minimum Gasteiger partial charge on any atom is -0.496 e. The zero-order valence-corrected chi connectivity index (χ0v) is 15.0. The van der Waals surface area contributed by atoms with Gasteiger partial charge in [0, 0.05) is 17.5 Å². The summed E-state index contributed by atoms with van der Waals surface area (Å²) in [5.41, 5.74) is 2.62. The van der Waals surface area contributed by atoms with Crippen LogP contribution in [0.25, 0.3) is 10.9 Å². The number of nitrogens with one attached hydrogen (secondary N) is 1. The van der Waals surface area contributed by atoms with Gasteiger partial charge in [-0.25, -0.2) is 0 Å². The number of hydrogen-bond acceptors (Lipinski definition) is 3. The highest BCUT2D eigenvalue weighted by atomic mass is 16.5. The maximum Gasteiger partial charge on any atom is 0.268 e. The Kier molecular flexibility index (Phi) is 4.29. The molecule has 1 amide bonds. The summed E-state index contributed by atoms with van der Waals surface area (Å²) in [6, 6.07) is 15.6. The van der Waals surface area contributed by atoms with Gasteiger partial charge in [-0.2, -0.15) is 0 Å². The smallest absolute Gasteiger partial charge is 0.268 e. The van der Waals surface area contributed by atoms with Crippen molar-refractivity contribution in [2.75, 3.05) is 7.11 Å². The first-order chi connectivity index (χ1) is 12.7. The third-order valence-corrected chi connectivity index (χ3v) is 4.88. The van der Waals surface area contributed by atoms with Crippen molar-refractivity contribution in [2.45, 2.75) is 32.5 Å². The highest BCUT2D eigenvalue weighted by molar-refractivity contribution is 6.00. The average molecular weight is 350 g/mol. The molecule has 4 rings (SSSR count). The van der Waals surface area contributed by atoms with Crippen LogP contribution in [0, 0.1) is 0 Å². The molecule has 1 aliphatic heterocycles. The normalized spacial score (nSPS) is 15.5. The number of hydrogen-bond donors (Lipinski definition) is 1. The van der Waals surface area contributed by atoms with Crippen LogP contribution in [0.5, 0.6) is 11.5 Å². The van der Waals surface area contributed by atoms with Gasteiger partial charge in [-0.05, 0) is 24.6 Å². The van der Waals surface area contributed by atoms with Crippen molar-refractivity contribution < 1.29 is 14.3 Å². The van der Waals surface area contributed by atoms with E-state index >= 15 is 0 Å². The molecule has 0 saturated carbocycles. The quantitative estimate of drug-likeness (QED) is 0.762. The molecule has 1 atom stereocenters. The number of rotatable bonds is 5. The monoisotopic (exact) mass is 350 g/mol. The highest BCUT2D eigenvalue weighted by Gasteiger charge is 2.25. The van der Waals surface area contributed by atoms with Gasteiger partial charge in [-0.15, -0.1) is 0 Å². The first kappa shape index (κ1) is 16.5. The second-order valence-electron chi connectivity index (χ2n) is 6.48. The average Bonchev–Trinajstić information content (AvgIpc) is 3.06. The van der Waals surface area contributed by atoms with E-state index < -0.39 is 0 Å². The summed E-state index contributed by atoms with van der Waals surface area (Å²) in [5, 5.41) is 4.05. The van der Waals surface area contributed by atoms with E-state index in [0.717, 1.165) is 34.4 Å². The number of carbonyl (C=O) groups excluding carboxylic acids is 1. The molecular formula is C21H22N2O3. The number of carbonyl (C=O) groups is 1. The summed E-state index contributed by atoms with van der Waals surface area (Å²) in [5.74, 6) is 1.54. The fourth-order valence-electron chi connectivity index (χ4n) is 3.51. The number of para-hydroxylation sites is 2. The van der Waals surface area contributed by atoms with Crippen molar-refractivity contribution in [1.29, 1.82) is 0 Å². The SMILES string of the molecule is CCC1Cn2c(C(=O)NCc3ccccc3OC)cc3cccc(c32)O1. The zero-order valence-electron chi connectivity index (χ0n) is 15.0. The third kappa shape index (κ3) is 2.79. The van der Waals surface area contributed by atoms with Gasteiger partial charge in [-0.1, -0.05) is 37.3 Å². The van der Waals surface area contributed by atoms with Gasteiger partial charge in [0.25, 0.3) is 5.91 Å². The van der Waals surface area contributed by atoms with E-state index in [2.05, 4.69) is 16.8 Å². The van der Waals surface area contributed by atoms with Gasteiger partial charge in [0.2, 0.25) is 0 Å². The summed E-state index contributed by atoms with van der Waals surface area (Å²) < 4.78 is 13.5. The van der Waals surface area contributed by atoms with Crippen molar-refractivity contribution in [2.24, 2.45) is 0 Å². The first-order valence-corrected chi connectivity index (χ1v) is 8.90. The Morgan fingerprint density at radius 1 is 1.27 bits per heavy atom. The van der Waals surface area contributed by atoms with Gasteiger partial charge >= 0.3 is 0 Å². The largest absolute Gasteiger partial charge is 0.496 e. The lowest BCUT2D eigenvalue weighted by Gasteiger charge is -2.26. The molecule has 5 nitrogen and oxygen atoms in total. The Morgan fingerprint density at radius 2 is 2.12 bits per heavy atom. The summed E-state index contributed by atoms with van der Waals surface area (Å²) in [4.78, 5) is 12.9. The number of benzene rings is 2. The van der Waals surface area contributed by atoms with Crippen LogP contribution < -0.4 is 14.8 Å². The maximum atomic E-state index is 12.9. The molecule has 0 radical (unpaired) electrons. The summed E-state index contributed by atoms with van der Waals surface area (Å²) in [6.07, 6.45) is 0.984. The Labute approximate surface area is 152 Å². The molecule has 1 unspecified atom stereocenters. The van der Waals surface area contributed by atoms with Crippen LogP contribution in [-0.4, -0.2) is 23.7 Å². The van der Waals surface area contributed by atoms with Crippen LogP contribution in [0.3, 0.4) is 0 Å². The number of aromatic nitrogens is 1. The maximum absolute atomic E-state index is 12.9. The minimum absolute atomic E-state index is 0.0845. The molecule has 26 heavy (non-hydrogen) atoms. The molecule has 0 fully saturated rings. The molecule has 0 spiro atoms. The van der Waals surface area contributed by atoms with Crippen LogP contribution in [0.2, 0.25) is 0 Å². The lowest BCUT2D eigenvalue weighted by molar-refractivity contribution is 0.0935. The first-order valence-electron chi connectivity index (χ1n) is 8.90. The predicted molar refractivity (Wildman–Crippen MR) is 101 cm³/mol. The van der Waals surface area contributed by atoms with Crippen LogP contribution in [0.15, 0.2) is 48.5 Å². The number of nitrogens with zero attached hydrogens (tertiary/aromatic N) is 1. The van der Waals surface area contributed by atoms with Crippen molar-refractivity contribution >= 4 is 16.8 Å². The third-order valence-electron chi connectivity index (χ3n) is 4.88. The van der Waals surface area contributed by atoms with Crippen molar-refractivity contribution in [3.8, 4) is 11.5 Å². The zero-order chi connectivity index (χ0) is 18.1. The summed E-state index contributed by atoms with van der Waals surface area (Å²) in [6.45, 7) is 3.21. The molecule has 134 valence electrons. The van der Waals surface area contributed by atoms with E-state index in [1.54, 1.807) is 7.11 Å². The standard InChI is InChI=1S/C21H22N2O3/c1-3-16-13-23-17(11-14-8-6-10-19(26-16)20(14)23)21(24)22-12-15-7-4-5-9-18(15)25-2/h4-11,16H,3,12-13H2,1-2H3,(H,22,24). The molecule has 1 aromatic heterocycles. The Morgan fingerprint density at radius 3 is 2.92 bits per heavy atom. The Hall–Kier alpha value is -2.95. The lowest BCUT2D eigenvalue weighted by atomic mass is 10.2. The van der Waals surface area contributed by atoms with Crippen LogP contribution in [-0.2, 0) is 13.1 Å². The number of ether oxygens (including phenoxy) is 2. The van der Waals surface area contributed by atoms with Gasteiger partial charge in [0.05, 0.1) is 19.2 Å². The van der Waals surface area contributed by atoms with Gasteiger partial charge in [0.1, 0.15) is 23.3 Å². The lowest BCUT2D eigenvalue weighted by Crippen LogP contribution is -2.31.